The van der Waals surface area contributed by atoms with E-state index in [4.69, 9.17) is 9.47 Å². The zero-order valence-electron chi connectivity index (χ0n) is 29.7. The van der Waals surface area contributed by atoms with Crippen LogP contribution in [-0.2, 0) is 30.7 Å². The molecule has 6 aromatic rings. The normalized spacial score (nSPS) is 13.5. The number of aryl methyl sites for hydroxylation is 1. The van der Waals surface area contributed by atoms with Crippen molar-refractivity contribution in [3.63, 3.8) is 0 Å². The second-order valence-corrected chi connectivity index (χ2v) is 17.9. The van der Waals surface area contributed by atoms with Crippen molar-refractivity contribution >= 4 is 30.4 Å². The van der Waals surface area contributed by atoms with E-state index in [1.165, 1.54) is 0 Å². The molecular formula is C43H42O6S2. The molecule has 0 spiro atoms. The first-order chi connectivity index (χ1) is 24.1. The SMILES string of the molecule is CCC(C)(Oc1ccc(Oc2ccc(S(=O)(=O)c3ccc(C(C)(C)C)cc3)cc2)c2ccccc12)c1ccc(S(=O)(=O)c2ccc(C)cc2)cc1. The molecule has 0 radical (unpaired) electrons. The third kappa shape index (κ3) is 7.30. The topological polar surface area (TPSA) is 86.7 Å². The number of sulfone groups is 2. The lowest BCUT2D eigenvalue weighted by Crippen LogP contribution is -2.28. The molecule has 0 fully saturated rings. The number of hydrogen-bond acceptors (Lipinski definition) is 6. The molecule has 51 heavy (non-hydrogen) atoms. The van der Waals surface area contributed by atoms with Gasteiger partial charge in [-0.25, -0.2) is 16.8 Å². The lowest BCUT2D eigenvalue weighted by molar-refractivity contribution is 0.0844. The van der Waals surface area contributed by atoms with Gasteiger partial charge in [0.05, 0.1) is 19.6 Å². The van der Waals surface area contributed by atoms with E-state index in [1.807, 2.05) is 81.4 Å². The maximum absolute atomic E-state index is 13.4. The first kappa shape index (κ1) is 35.9. The fraction of sp³-hybridized carbons (Fsp3) is 0.209. The van der Waals surface area contributed by atoms with E-state index in [1.54, 1.807) is 72.8 Å². The van der Waals surface area contributed by atoms with Crippen LogP contribution in [0.4, 0.5) is 0 Å². The van der Waals surface area contributed by atoms with E-state index < -0.39 is 25.3 Å². The van der Waals surface area contributed by atoms with Crippen LogP contribution in [0.15, 0.2) is 153 Å². The fourth-order valence-electron chi connectivity index (χ4n) is 5.92. The highest BCUT2D eigenvalue weighted by Crippen LogP contribution is 2.40. The Labute approximate surface area is 301 Å². The third-order valence-corrected chi connectivity index (χ3v) is 12.9. The molecular weight excluding hydrogens is 677 g/mol. The molecule has 0 saturated carbocycles. The molecule has 0 saturated heterocycles. The van der Waals surface area contributed by atoms with Crippen LogP contribution < -0.4 is 9.47 Å². The van der Waals surface area contributed by atoms with E-state index in [-0.39, 0.29) is 25.0 Å². The standard InChI is InChI=1S/C43H42O6S2/c1-7-43(6,32-16-24-36(25-17-32)50(44,45)34-20-12-30(2)13-21-34)49-41-29-28-40(38-10-8-9-11-39(38)41)48-33-18-26-37(27-19-33)51(46,47)35-22-14-31(15-23-35)42(3,4)5/h8-29H,7H2,1-6H3. The maximum atomic E-state index is 13.4. The minimum atomic E-state index is -3.70. The van der Waals surface area contributed by atoms with Crippen LogP contribution in [0.2, 0.25) is 0 Å². The van der Waals surface area contributed by atoms with Gasteiger partial charge in [-0.05, 0) is 110 Å². The van der Waals surface area contributed by atoms with Gasteiger partial charge >= 0.3 is 0 Å². The number of ether oxygens (including phenoxy) is 2. The molecule has 8 heteroatoms. The maximum Gasteiger partial charge on any atom is 0.206 e. The molecule has 262 valence electrons. The highest BCUT2D eigenvalue weighted by atomic mass is 32.2. The summed E-state index contributed by atoms with van der Waals surface area (Å²) < 4.78 is 66.3. The predicted molar refractivity (Wildman–Crippen MR) is 202 cm³/mol. The highest BCUT2D eigenvalue weighted by molar-refractivity contribution is 7.91. The van der Waals surface area contributed by atoms with E-state index in [0.717, 1.165) is 27.5 Å². The van der Waals surface area contributed by atoms with Crippen molar-refractivity contribution in [2.24, 2.45) is 0 Å². The highest BCUT2D eigenvalue weighted by Gasteiger charge is 2.29. The largest absolute Gasteiger partial charge is 0.482 e. The monoisotopic (exact) mass is 718 g/mol. The summed E-state index contributed by atoms with van der Waals surface area (Å²) in [6, 6.07) is 38.7. The van der Waals surface area contributed by atoms with Crippen LogP contribution in [-0.4, -0.2) is 16.8 Å². The van der Waals surface area contributed by atoms with E-state index in [0.29, 0.717) is 23.7 Å². The van der Waals surface area contributed by atoms with Gasteiger partial charge in [0.25, 0.3) is 0 Å². The number of benzene rings is 6. The van der Waals surface area contributed by atoms with E-state index in [2.05, 4.69) is 20.8 Å². The van der Waals surface area contributed by atoms with Crippen molar-refractivity contribution in [1.82, 2.24) is 0 Å². The average Bonchev–Trinajstić information content (AvgIpc) is 3.13. The van der Waals surface area contributed by atoms with Gasteiger partial charge in [-0.15, -0.1) is 0 Å². The Hall–Kier alpha value is -4.92. The summed E-state index contributed by atoms with van der Waals surface area (Å²) >= 11 is 0. The van der Waals surface area contributed by atoms with Crippen molar-refractivity contribution in [3.05, 3.63) is 150 Å². The zero-order valence-corrected chi connectivity index (χ0v) is 31.3. The number of hydrogen-bond donors (Lipinski definition) is 0. The molecule has 6 rings (SSSR count). The third-order valence-electron chi connectivity index (χ3n) is 9.35. The van der Waals surface area contributed by atoms with Gasteiger partial charge in [-0.2, -0.15) is 0 Å². The Balaban J connectivity index is 1.23. The summed E-state index contributed by atoms with van der Waals surface area (Å²) in [6.07, 6.45) is 0.625. The molecule has 1 atom stereocenters. The summed E-state index contributed by atoms with van der Waals surface area (Å²) in [5, 5.41) is 1.66. The van der Waals surface area contributed by atoms with Crippen molar-refractivity contribution < 1.29 is 26.3 Å². The van der Waals surface area contributed by atoms with Crippen molar-refractivity contribution in [1.29, 1.82) is 0 Å². The molecule has 0 aliphatic carbocycles. The zero-order chi connectivity index (χ0) is 36.6. The van der Waals surface area contributed by atoms with E-state index >= 15 is 0 Å². The minimum Gasteiger partial charge on any atom is -0.482 e. The van der Waals surface area contributed by atoms with Crippen LogP contribution in [0.5, 0.6) is 17.2 Å². The summed E-state index contributed by atoms with van der Waals surface area (Å²) in [5.41, 5.74) is 2.07. The molecule has 0 N–H and O–H groups in total. The Morgan fingerprint density at radius 3 is 1.39 bits per heavy atom. The van der Waals surface area contributed by atoms with Crippen LogP contribution in [0.1, 0.15) is 57.7 Å². The summed E-state index contributed by atoms with van der Waals surface area (Å²) in [5.74, 6) is 1.74. The molecule has 1 unspecified atom stereocenters. The van der Waals surface area contributed by atoms with Gasteiger partial charge in [-0.3, -0.25) is 0 Å². The molecule has 6 nitrogen and oxygen atoms in total. The van der Waals surface area contributed by atoms with Crippen molar-refractivity contribution in [2.75, 3.05) is 0 Å². The lowest BCUT2D eigenvalue weighted by Gasteiger charge is -2.31. The van der Waals surface area contributed by atoms with Gasteiger partial charge < -0.3 is 9.47 Å². The van der Waals surface area contributed by atoms with Gasteiger partial charge in [-0.1, -0.05) is 93.9 Å². The van der Waals surface area contributed by atoms with Crippen LogP contribution in [0.25, 0.3) is 10.8 Å². The first-order valence-electron chi connectivity index (χ1n) is 16.9. The van der Waals surface area contributed by atoms with Gasteiger partial charge in [0.1, 0.15) is 22.8 Å². The van der Waals surface area contributed by atoms with Gasteiger partial charge in [0.15, 0.2) is 0 Å². The fourth-order valence-corrected chi connectivity index (χ4v) is 8.45. The molecule has 0 bridgehead atoms. The van der Waals surface area contributed by atoms with Crippen molar-refractivity contribution in [3.8, 4) is 17.2 Å². The Kier molecular flexibility index (Phi) is 9.61. The summed E-state index contributed by atoms with van der Waals surface area (Å²) in [4.78, 5) is 0.910. The van der Waals surface area contributed by atoms with Crippen LogP contribution >= 0.6 is 0 Å². The van der Waals surface area contributed by atoms with Gasteiger partial charge in [0, 0.05) is 10.8 Å². The summed E-state index contributed by atoms with van der Waals surface area (Å²) in [7, 11) is -7.36. The minimum absolute atomic E-state index is 0.0760. The Morgan fingerprint density at radius 2 is 0.922 bits per heavy atom. The molecule has 0 amide bonds. The Bertz CT molecular complexity index is 2390. The average molecular weight is 719 g/mol. The molecule has 0 aliphatic rings. The van der Waals surface area contributed by atoms with Gasteiger partial charge in [0.2, 0.25) is 19.7 Å². The second kappa shape index (κ2) is 13.7. The quantitative estimate of drug-likeness (QED) is 0.140. The van der Waals surface area contributed by atoms with E-state index in [9.17, 15) is 16.8 Å². The molecule has 0 heterocycles. The second-order valence-electron chi connectivity index (χ2n) is 14.0. The van der Waals surface area contributed by atoms with Crippen molar-refractivity contribution in [2.45, 2.75) is 78.6 Å². The van der Waals surface area contributed by atoms with Crippen LogP contribution in [0.3, 0.4) is 0 Å². The molecule has 0 aromatic heterocycles. The lowest BCUT2D eigenvalue weighted by atomic mass is 9.87. The molecule has 6 aromatic carbocycles. The number of fused-ring (bicyclic) bond motifs is 1. The predicted octanol–water partition coefficient (Wildman–Crippen LogP) is 10.6. The Morgan fingerprint density at radius 1 is 0.510 bits per heavy atom. The van der Waals surface area contributed by atoms with Crippen LogP contribution in [0, 0.1) is 6.92 Å². The smallest absolute Gasteiger partial charge is 0.206 e. The molecule has 0 aliphatic heterocycles. The first-order valence-corrected chi connectivity index (χ1v) is 19.9. The summed E-state index contributed by atoms with van der Waals surface area (Å²) in [6.45, 7) is 12.2. The number of rotatable bonds is 10.